The highest BCUT2D eigenvalue weighted by Crippen LogP contribution is 2.38. The van der Waals surface area contributed by atoms with Crippen LogP contribution in [0.25, 0.3) is 0 Å². The normalized spacial score (nSPS) is 22.6. The number of aryl methyl sites for hydroxylation is 1. The van der Waals surface area contributed by atoms with Crippen LogP contribution in [0, 0.1) is 0 Å². The Balaban J connectivity index is 2.16. The second-order valence-corrected chi connectivity index (χ2v) is 5.43. The zero-order valence-corrected chi connectivity index (χ0v) is 11.0. The van der Waals surface area contributed by atoms with Crippen molar-refractivity contribution in [1.29, 1.82) is 0 Å². The summed E-state index contributed by atoms with van der Waals surface area (Å²) < 4.78 is 0. The first kappa shape index (κ1) is 11.8. The number of hydrogen-bond acceptors (Lipinski definition) is 1. The Labute approximate surface area is 113 Å². The van der Waals surface area contributed by atoms with Gasteiger partial charge in [0.2, 0.25) is 0 Å². The highest BCUT2D eigenvalue weighted by atomic mass is 35.5. The second kappa shape index (κ2) is 4.42. The van der Waals surface area contributed by atoms with Crippen LogP contribution in [0.1, 0.15) is 29.5 Å². The van der Waals surface area contributed by atoms with Crippen molar-refractivity contribution in [2.45, 2.75) is 24.8 Å². The lowest BCUT2D eigenvalue weighted by Crippen LogP contribution is -2.41. The molecule has 2 heteroatoms. The van der Waals surface area contributed by atoms with E-state index in [0.29, 0.717) is 0 Å². The summed E-state index contributed by atoms with van der Waals surface area (Å²) in [5.41, 5.74) is 10.0. The Hall–Kier alpha value is -1.31. The van der Waals surface area contributed by atoms with Gasteiger partial charge in [0.1, 0.15) is 0 Å². The van der Waals surface area contributed by atoms with Gasteiger partial charge >= 0.3 is 0 Å². The molecule has 2 N–H and O–H groups in total. The number of benzene rings is 2. The third-order valence-corrected chi connectivity index (χ3v) is 4.09. The smallest absolute Gasteiger partial charge is 0.0668 e. The first-order valence-electron chi connectivity index (χ1n) is 6.33. The maximum atomic E-state index is 6.70. The summed E-state index contributed by atoms with van der Waals surface area (Å²) in [7, 11) is 0. The van der Waals surface area contributed by atoms with Gasteiger partial charge in [-0.05, 0) is 48.1 Å². The third kappa shape index (κ3) is 1.84. The van der Waals surface area contributed by atoms with Crippen molar-refractivity contribution in [3.8, 4) is 0 Å². The average Bonchev–Trinajstić information content (AvgIpc) is 2.39. The van der Waals surface area contributed by atoms with E-state index in [1.54, 1.807) is 0 Å². The van der Waals surface area contributed by atoms with Crippen LogP contribution >= 0.6 is 11.6 Å². The standard InChI is InChI=1S/C16H16ClN/c17-14-8-3-7-13(11-14)16(18)10-4-6-12-5-1-2-9-15(12)16/h1-3,5,7-9,11H,4,6,10,18H2. The molecular formula is C16H16ClN. The van der Waals surface area contributed by atoms with Crippen molar-refractivity contribution < 1.29 is 0 Å². The number of fused-ring (bicyclic) bond motifs is 1. The van der Waals surface area contributed by atoms with Gasteiger partial charge in [-0.2, -0.15) is 0 Å². The lowest BCUT2D eigenvalue weighted by atomic mass is 9.73. The van der Waals surface area contributed by atoms with Gasteiger partial charge in [0.05, 0.1) is 5.54 Å². The van der Waals surface area contributed by atoms with Crippen LogP contribution in [0.3, 0.4) is 0 Å². The van der Waals surface area contributed by atoms with Crippen molar-refractivity contribution >= 4 is 11.6 Å². The van der Waals surface area contributed by atoms with E-state index in [9.17, 15) is 0 Å². The van der Waals surface area contributed by atoms with Crippen molar-refractivity contribution in [3.63, 3.8) is 0 Å². The first-order chi connectivity index (χ1) is 8.70. The molecule has 1 nitrogen and oxygen atoms in total. The van der Waals surface area contributed by atoms with E-state index in [4.69, 9.17) is 17.3 Å². The first-order valence-corrected chi connectivity index (χ1v) is 6.71. The lowest BCUT2D eigenvalue weighted by molar-refractivity contribution is 0.443. The predicted octanol–water partition coefficient (Wildman–Crippen LogP) is 3.88. The molecule has 0 bridgehead atoms. The SMILES string of the molecule is NC1(c2cccc(Cl)c2)CCCc2ccccc21. The molecule has 0 saturated heterocycles. The molecule has 0 radical (unpaired) electrons. The Morgan fingerprint density at radius 1 is 1.06 bits per heavy atom. The second-order valence-electron chi connectivity index (χ2n) is 4.99. The van der Waals surface area contributed by atoms with Crippen LogP contribution in [0.2, 0.25) is 5.02 Å². The number of halogens is 1. The van der Waals surface area contributed by atoms with E-state index in [-0.39, 0.29) is 5.54 Å². The molecule has 0 fully saturated rings. The van der Waals surface area contributed by atoms with Crippen LogP contribution in [-0.2, 0) is 12.0 Å². The van der Waals surface area contributed by atoms with Gasteiger partial charge in [0.25, 0.3) is 0 Å². The largest absolute Gasteiger partial charge is 0.318 e. The predicted molar refractivity (Wildman–Crippen MR) is 75.8 cm³/mol. The van der Waals surface area contributed by atoms with E-state index in [0.717, 1.165) is 29.8 Å². The third-order valence-electron chi connectivity index (χ3n) is 3.85. The zero-order valence-electron chi connectivity index (χ0n) is 10.2. The van der Waals surface area contributed by atoms with E-state index in [1.165, 1.54) is 11.1 Å². The van der Waals surface area contributed by atoms with Crippen LogP contribution in [0.15, 0.2) is 48.5 Å². The maximum absolute atomic E-state index is 6.70. The monoisotopic (exact) mass is 257 g/mol. The number of hydrogen-bond donors (Lipinski definition) is 1. The van der Waals surface area contributed by atoms with Gasteiger partial charge in [-0.25, -0.2) is 0 Å². The molecule has 1 aliphatic carbocycles. The molecule has 0 heterocycles. The fourth-order valence-electron chi connectivity index (χ4n) is 2.93. The summed E-state index contributed by atoms with van der Waals surface area (Å²) in [6, 6.07) is 16.4. The summed E-state index contributed by atoms with van der Waals surface area (Å²) in [4.78, 5) is 0. The Morgan fingerprint density at radius 2 is 1.89 bits per heavy atom. The van der Waals surface area contributed by atoms with Gasteiger partial charge in [-0.1, -0.05) is 48.0 Å². The minimum absolute atomic E-state index is 0.389. The van der Waals surface area contributed by atoms with Crippen molar-refractivity contribution in [2.75, 3.05) is 0 Å². The summed E-state index contributed by atoms with van der Waals surface area (Å²) in [6.45, 7) is 0. The molecule has 18 heavy (non-hydrogen) atoms. The Kier molecular flexibility index (Phi) is 2.89. The molecule has 2 aromatic carbocycles. The zero-order chi connectivity index (χ0) is 12.6. The lowest BCUT2D eigenvalue weighted by Gasteiger charge is -2.36. The summed E-state index contributed by atoms with van der Waals surface area (Å²) >= 11 is 6.10. The highest BCUT2D eigenvalue weighted by Gasteiger charge is 2.34. The van der Waals surface area contributed by atoms with Crippen LogP contribution in [0.4, 0.5) is 0 Å². The quantitative estimate of drug-likeness (QED) is 0.824. The molecule has 0 amide bonds. The molecular weight excluding hydrogens is 242 g/mol. The van der Waals surface area contributed by atoms with Crippen LogP contribution in [0.5, 0.6) is 0 Å². The molecule has 1 unspecified atom stereocenters. The Morgan fingerprint density at radius 3 is 2.72 bits per heavy atom. The summed E-state index contributed by atoms with van der Waals surface area (Å²) in [5, 5.41) is 0.750. The van der Waals surface area contributed by atoms with Crippen LogP contribution < -0.4 is 5.73 Å². The molecule has 92 valence electrons. The number of nitrogens with two attached hydrogens (primary N) is 1. The van der Waals surface area contributed by atoms with E-state index in [1.807, 2.05) is 18.2 Å². The van der Waals surface area contributed by atoms with Gasteiger partial charge in [-0.3, -0.25) is 0 Å². The highest BCUT2D eigenvalue weighted by molar-refractivity contribution is 6.30. The van der Waals surface area contributed by atoms with Crippen molar-refractivity contribution in [3.05, 3.63) is 70.2 Å². The molecule has 2 aromatic rings. The minimum atomic E-state index is -0.389. The van der Waals surface area contributed by atoms with Gasteiger partial charge in [0, 0.05) is 5.02 Å². The van der Waals surface area contributed by atoms with Gasteiger partial charge < -0.3 is 5.73 Å². The summed E-state index contributed by atoms with van der Waals surface area (Å²) in [6.07, 6.45) is 3.22. The minimum Gasteiger partial charge on any atom is -0.318 e. The molecule has 0 spiro atoms. The molecule has 3 rings (SSSR count). The summed E-state index contributed by atoms with van der Waals surface area (Å²) in [5.74, 6) is 0. The molecule has 0 aromatic heterocycles. The topological polar surface area (TPSA) is 26.0 Å². The maximum Gasteiger partial charge on any atom is 0.0668 e. The molecule has 0 aliphatic heterocycles. The Bertz CT molecular complexity index is 579. The molecule has 1 aliphatic rings. The van der Waals surface area contributed by atoms with Gasteiger partial charge in [0.15, 0.2) is 0 Å². The van der Waals surface area contributed by atoms with E-state index in [2.05, 4.69) is 30.3 Å². The van der Waals surface area contributed by atoms with E-state index >= 15 is 0 Å². The van der Waals surface area contributed by atoms with Crippen molar-refractivity contribution in [1.82, 2.24) is 0 Å². The molecule has 1 atom stereocenters. The fourth-order valence-corrected chi connectivity index (χ4v) is 3.12. The molecule has 0 saturated carbocycles. The van der Waals surface area contributed by atoms with Crippen molar-refractivity contribution in [2.24, 2.45) is 5.73 Å². The average molecular weight is 258 g/mol. The van der Waals surface area contributed by atoms with E-state index < -0.39 is 0 Å². The van der Waals surface area contributed by atoms with Crippen LogP contribution in [-0.4, -0.2) is 0 Å². The fraction of sp³-hybridized carbons (Fsp3) is 0.250. The number of rotatable bonds is 1. The van der Waals surface area contributed by atoms with Gasteiger partial charge in [-0.15, -0.1) is 0 Å².